The van der Waals surface area contributed by atoms with Crippen LogP contribution in [0.25, 0.3) is 33.5 Å². The Balaban J connectivity index is 1.15. The van der Waals surface area contributed by atoms with Gasteiger partial charge in [0.1, 0.15) is 17.6 Å². The fraction of sp³-hybridized carbons (Fsp3) is 0.174. The Morgan fingerprint density at radius 3 is 2.15 bits per heavy atom. The molecular formula is C46H41N7O2. The third-order valence-electron chi connectivity index (χ3n) is 10.5. The van der Waals surface area contributed by atoms with Crippen molar-refractivity contribution in [2.45, 2.75) is 38.0 Å². The molecule has 2 amide bonds. The van der Waals surface area contributed by atoms with Gasteiger partial charge in [0.15, 0.2) is 12.1 Å². The summed E-state index contributed by atoms with van der Waals surface area (Å²) in [5.74, 6) is 0.599. The summed E-state index contributed by atoms with van der Waals surface area (Å²) < 4.78 is 10.3. The highest BCUT2D eigenvalue weighted by Crippen LogP contribution is 2.41. The molecule has 9 nitrogen and oxygen atoms in total. The highest BCUT2D eigenvalue weighted by atomic mass is 16.5. The van der Waals surface area contributed by atoms with Crippen molar-refractivity contribution in [1.82, 2.24) is 29.4 Å². The van der Waals surface area contributed by atoms with E-state index in [-0.39, 0.29) is 12.3 Å². The number of amides is 2. The zero-order valence-corrected chi connectivity index (χ0v) is 30.6. The van der Waals surface area contributed by atoms with Crippen molar-refractivity contribution in [3.05, 3.63) is 180 Å². The number of fused-ring (bicyclic) bond motifs is 1. The summed E-state index contributed by atoms with van der Waals surface area (Å²) in [6.07, 6.45) is 10.5. The lowest BCUT2D eigenvalue weighted by Crippen LogP contribution is -2.38. The Morgan fingerprint density at radius 2 is 1.49 bits per heavy atom. The number of carbonyl (C=O) groups excluding carboxylic acids is 1. The molecule has 0 spiro atoms. The summed E-state index contributed by atoms with van der Waals surface area (Å²) in [5, 5.41) is 14.5. The van der Waals surface area contributed by atoms with Crippen molar-refractivity contribution in [2.24, 2.45) is 0 Å². The molecule has 9 heteroatoms. The summed E-state index contributed by atoms with van der Waals surface area (Å²) in [6, 6.07) is 45.4. The Bertz CT molecular complexity index is 2420. The van der Waals surface area contributed by atoms with E-state index >= 15 is 0 Å². The maximum absolute atomic E-state index is 13.2. The molecule has 5 aromatic carbocycles. The van der Waals surface area contributed by atoms with E-state index in [1.165, 1.54) is 0 Å². The molecule has 0 radical (unpaired) electrons. The molecule has 55 heavy (non-hydrogen) atoms. The smallest absolute Gasteiger partial charge is 0.326 e. The lowest BCUT2D eigenvalue weighted by molar-refractivity contribution is -0.0365. The molecule has 1 saturated heterocycles. The van der Waals surface area contributed by atoms with Crippen LogP contribution in [0.5, 0.6) is 0 Å². The van der Waals surface area contributed by atoms with Crippen LogP contribution in [0.4, 0.5) is 10.5 Å². The standard InChI is InChI=1S/C46H41N7O2/c1-33-15-14-27-51(31-33)45(54)48-39-23-13-16-34(29-39)43-40-30-35(25-26-41(40)53(49-43)42-24-11-12-28-55-42)44-47-32-52(50-44)46(36-17-5-2-6-18-36,37-19-7-3-8-20-37)38-21-9-4-10-22-38/h2-10,13-23,25-26,29-32,42H,11-12,24,27-28H2,1H3,(H,48,54). The molecule has 272 valence electrons. The number of anilines is 1. The fourth-order valence-electron chi connectivity index (χ4n) is 7.90. The second-order valence-corrected chi connectivity index (χ2v) is 14.1. The Hall–Kier alpha value is -6.58. The van der Waals surface area contributed by atoms with E-state index in [9.17, 15) is 4.79 Å². The molecule has 2 aliphatic rings. The molecule has 9 rings (SSSR count). The van der Waals surface area contributed by atoms with Crippen molar-refractivity contribution in [3.8, 4) is 22.6 Å². The van der Waals surface area contributed by atoms with Gasteiger partial charge in [-0.2, -0.15) is 5.10 Å². The van der Waals surface area contributed by atoms with E-state index in [2.05, 4.69) is 96.3 Å². The number of rotatable bonds is 8. The first-order valence-corrected chi connectivity index (χ1v) is 18.8. The van der Waals surface area contributed by atoms with Gasteiger partial charge < -0.3 is 10.1 Å². The van der Waals surface area contributed by atoms with Crippen LogP contribution in [0.1, 0.15) is 49.1 Å². The Labute approximate surface area is 320 Å². The highest BCUT2D eigenvalue weighted by molar-refractivity contribution is 5.97. The van der Waals surface area contributed by atoms with Crippen LogP contribution in [0.15, 0.2) is 164 Å². The molecule has 0 bridgehead atoms. The number of ether oxygens (including phenoxy) is 1. The van der Waals surface area contributed by atoms with Crippen LogP contribution in [0, 0.1) is 0 Å². The maximum Gasteiger partial charge on any atom is 0.326 e. The normalized spacial score (nSPS) is 15.9. The summed E-state index contributed by atoms with van der Waals surface area (Å²) in [6.45, 7) is 3.21. The molecule has 1 unspecified atom stereocenters. The molecule has 2 aliphatic heterocycles. The minimum absolute atomic E-state index is 0.165. The van der Waals surface area contributed by atoms with Gasteiger partial charge in [-0.25, -0.2) is 19.1 Å². The number of hydrogen-bond acceptors (Lipinski definition) is 5. The molecule has 0 saturated carbocycles. The van der Waals surface area contributed by atoms with E-state index in [4.69, 9.17) is 19.9 Å². The lowest BCUT2D eigenvalue weighted by atomic mass is 9.77. The molecule has 1 atom stereocenters. The maximum atomic E-state index is 13.2. The van der Waals surface area contributed by atoms with Gasteiger partial charge in [-0.15, -0.1) is 5.10 Å². The average molecular weight is 724 g/mol. The zero-order chi connectivity index (χ0) is 37.2. The zero-order valence-electron chi connectivity index (χ0n) is 30.6. The largest absolute Gasteiger partial charge is 0.356 e. The number of hydrogen-bond donors (Lipinski definition) is 1. The van der Waals surface area contributed by atoms with Crippen LogP contribution in [-0.4, -0.2) is 48.6 Å². The second kappa shape index (κ2) is 14.7. The number of aromatic nitrogens is 5. The Morgan fingerprint density at radius 1 is 0.782 bits per heavy atom. The summed E-state index contributed by atoms with van der Waals surface area (Å²) >= 11 is 0. The van der Waals surface area contributed by atoms with Crippen molar-refractivity contribution in [1.29, 1.82) is 0 Å². The molecule has 2 aromatic heterocycles. The average Bonchev–Trinajstić information content (AvgIpc) is 3.89. The van der Waals surface area contributed by atoms with Gasteiger partial charge in [0.25, 0.3) is 0 Å². The molecule has 4 heterocycles. The molecule has 1 N–H and O–H groups in total. The quantitative estimate of drug-likeness (QED) is 0.158. The van der Waals surface area contributed by atoms with Gasteiger partial charge in [0.05, 0.1) is 5.52 Å². The number of nitrogens with zero attached hydrogens (tertiary/aromatic N) is 6. The van der Waals surface area contributed by atoms with Crippen molar-refractivity contribution in [2.75, 3.05) is 18.5 Å². The van der Waals surface area contributed by atoms with E-state index in [0.717, 1.165) is 69.2 Å². The minimum Gasteiger partial charge on any atom is -0.356 e. The third-order valence-corrected chi connectivity index (χ3v) is 10.5. The summed E-state index contributed by atoms with van der Waals surface area (Å²) in [4.78, 5) is 19.9. The fourth-order valence-corrected chi connectivity index (χ4v) is 7.90. The van der Waals surface area contributed by atoms with Gasteiger partial charge in [-0.05, 0) is 78.8 Å². The first-order valence-electron chi connectivity index (χ1n) is 18.8. The van der Waals surface area contributed by atoms with Crippen molar-refractivity contribution < 1.29 is 9.53 Å². The number of carbonyl (C=O) groups is 1. The number of nitrogens with one attached hydrogen (secondary N) is 1. The van der Waals surface area contributed by atoms with E-state index in [1.54, 1.807) is 4.90 Å². The number of allylic oxidation sites excluding steroid dienone is 2. The topological polar surface area (TPSA) is 90.1 Å². The first kappa shape index (κ1) is 34.2. The SMILES string of the molecule is CC1=CN(C(=O)Nc2cccc(-c3nn(C4CCCCO4)c4ccc(-c5ncn(C(c6ccccc6)(c6ccccc6)c6ccccc6)n5)cc34)c2)CC=C1. The van der Waals surface area contributed by atoms with E-state index < -0.39 is 5.54 Å². The van der Waals surface area contributed by atoms with Gasteiger partial charge in [-0.3, -0.25) is 4.90 Å². The number of benzene rings is 5. The van der Waals surface area contributed by atoms with Crippen LogP contribution < -0.4 is 5.32 Å². The van der Waals surface area contributed by atoms with Gasteiger partial charge in [0, 0.05) is 41.6 Å². The second-order valence-electron chi connectivity index (χ2n) is 14.1. The minimum atomic E-state index is -0.780. The van der Waals surface area contributed by atoms with Gasteiger partial charge >= 0.3 is 6.03 Å². The van der Waals surface area contributed by atoms with Crippen molar-refractivity contribution in [3.63, 3.8) is 0 Å². The van der Waals surface area contributed by atoms with E-state index in [1.807, 2.05) is 83.4 Å². The number of urea groups is 1. The van der Waals surface area contributed by atoms with Crippen LogP contribution in [0.2, 0.25) is 0 Å². The lowest BCUT2D eigenvalue weighted by Gasteiger charge is -2.35. The predicted molar refractivity (Wildman–Crippen MR) is 216 cm³/mol. The monoisotopic (exact) mass is 723 g/mol. The van der Waals surface area contributed by atoms with Gasteiger partial charge in [0.2, 0.25) is 0 Å². The van der Waals surface area contributed by atoms with E-state index in [0.29, 0.717) is 24.7 Å². The third kappa shape index (κ3) is 6.42. The first-order chi connectivity index (χ1) is 27.1. The molecule has 0 aliphatic carbocycles. The molecule has 1 fully saturated rings. The Kier molecular flexibility index (Phi) is 9.13. The highest BCUT2D eigenvalue weighted by Gasteiger charge is 2.39. The summed E-state index contributed by atoms with van der Waals surface area (Å²) in [5.41, 5.74) is 7.67. The van der Waals surface area contributed by atoms with Crippen molar-refractivity contribution >= 4 is 22.6 Å². The molecule has 7 aromatic rings. The predicted octanol–water partition coefficient (Wildman–Crippen LogP) is 9.81. The van der Waals surface area contributed by atoms with Crippen LogP contribution >= 0.6 is 0 Å². The van der Waals surface area contributed by atoms with Gasteiger partial charge in [-0.1, -0.05) is 115 Å². The van der Waals surface area contributed by atoms with Crippen LogP contribution in [-0.2, 0) is 10.3 Å². The van der Waals surface area contributed by atoms with Crippen LogP contribution in [0.3, 0.4) is 0 Å². The molecular weight excluding hydrogens is 683 g/mol. The summed E-state index contributed by atoms with van der Waals surface area (Å²) in [7, 11) is 0.